The van der Waals surface area contributed by atoms with Gasteiger partial charge in [0.1, 0.15) is 0 Å². The first-order valence-electron chi connectivity index (χ1n) is 9.06. The van der Waals surface area contributed by atoms with Gasteiger partial charge >= 0.3 is 5.97 Å². The van der Waals surface area contributed by atoms with Crippen molar-refractivity contribution in [2.24, 2.45) is 11.8 Å². The Hall–Kier alpha value is -2.87. The fraction of sp³-hybridized carbons (Fsp3) is 0.368. The number of aliphatic carboxylic acids is 1. The summed E-state index contributed by atoms with van der Waals surface area (Å²) in [6.45, 7) is 2.78. The number of aromatic amines is 1. The Morgan fingerprint density at radius 3 is 2.68 bits per heavy atom. The molecular weight excluding hydrogens is 384 g/mol. The molecule has 1 aliphatic carbocycles. The summed E-state index contributed by atoms with van der Waals surface area (Å²) in [5, 5.41) is 12.1. The van der Waals surface area contributed by atoms with Gasteiger partial charge in [0.05, 0.1) is 17.5 Å². The Morgan fingerprint density at radius 1 is 1.29 bits per heavy atom. The van der Waals surface area contributed by atoms with E-state index in [9.17, 15) is 14.4 Å². The molecule has 2 atom stereocenters. The molecule has 9 heteroatoms. The van der Waals surface area contributed by atoms with Gasteiger partial charge in [-0.25, -0.2) is 4.98 Å². The first kappa shape index (κ1) is 18.5. The minimum Gasteiger partial charge on any atom is -0.481 e. The Bertz CT molecular complexity index is 986. The molecule has 0 radical (unpaired) electrons. The molecule has 0 saturated heterocycles. The maximum absolute atomic E-state index is 12.5. The highest BCUT2D eigenvalue weighted by atomic mass is 35.5. The summed E-state index contributed by atoms with van der Waals surface area (Å²) in [4.78, 5) is 44.4. The minimum absolute atomic E-state index is 0.119. The number of aromatic nitrogens is 2. The second kappa shape index (κ2) is 6.94. The maximum Gasteiger partial charge on any atom is 0.307 e. The third-order valence-electron chi connectivity index (χ3n) is 5.22. The molecule has 3 N–H and O–H groups in total. The Balaban J connectivity index is 1.42. The molecule has 2 aromatic rings. The standard InChI is InChI=1S/C19H19ClN4O4/c1-2-14-15(20)23-16(22-14)17(25)21-11-4-3-9-7-24(8-10(9)5-11)18(26)12-6-13(12)19(27)28/h3-5,12-13H,2,6-8H2,1H3,(H,21,25)(H,22,23)(H,27,28)/t12-,13-/m1/s1. The summed E-state index contributed by atoms with van der Waals surface area (Å²) in [7, 11) is 0. The van der Waals surface area contributed by atoms with Crippen LogP contribution in [0, 0.1) is 11.8 Å². The van der Waals surface area contributed by atoms with Crippen molar-refractivity contribution in [1.82, 2.24) is 14.9 Å². The van der Waals surface area contributed by atoms with Gasteiger partial charge in [-0.05, 0) is 36.1 Å². The lowest BCUT2D eigenvalue weighted by Gasteiger charge is -2.14. The van der Waals surface area contributed by atoms with Crippen LogP contribution >= 0.6 is 11.6 Å². The number of nitrogens with one attached hydrogen (secondary N) is 2. The van der Waals surface area contributed by atoms with Crippen LogP contribution in [0.3, 0.4) is 0 Å². The zero-order valence-corrected chi connectivity index (χ0v) is 15.9. The summed E-state index contributed by atoms with van der Waals surface area (Å²) < 4.78 is 0. The summed E-state index contributed by atoms with van der Waals surface area (Å²) in [5.41, 5.74) is 3.23. The van der Waals surface area contributed by atoms with Gasteiger partial charge in [-0.1, -0.05) is 24.6 Å². The number of anilines is 1. The third-order valence-corrected chi connectivity index (χ3v) is 5.53. The highest BCUT2D eigenvalue weighted by Gasteiger charge is 2.50. The monoisotopic (exact) mass is 402 g/mol. The zero-order valence-electron chi connectivity index (χ0n) is 15.2. The first-order valence-corrected chi connectivity index (χ1v) is 9.44. The molecule has 1 fully saturated rings. The van der Waals surface area contributed by atoms with E-state index in [4.69, 9.17) is 16.7 Å². The lowest BCUT2D eigenvalue weighted by Crippen LogP contribution is -2.28. The van der Waals surface area contributed by atoms with Crippen molar-refractivity contribution >= 4 is 35.1 Å². The highest BCUT2D eigenvalue weighted by molar-refractivity contribution is 6.30. The Labute approximate surface area is 165 Å². The van der Waals surface area contributed by atoms with Crippen LogP contribution in [0.2, 0.25) is 5.15 Å². The van der Waals surface area contributed by atoms with Crippen LogP contribution in [0.4, 0.5) is 5.69 Å². The number of nitrogens with zero attached hydrogens (tertiary/aromatic N) is 2. The molecular formula is C19H19ClN4O4. The van der Waals surface area contributed by atoms with Crippen molar-refractivity contribution in [3.05, 3.63) is 46.0 Å². The molecule has 146 valence electrons. The molecule has 2 amide bonds. The first-order chi connectivity index (χ1) is 13.4. The molecule has 1 aromatic carbocycles. The fourth-order valence-corrected chi connectivity index (χ4v) is 3.79. The van der Waals surface area contributed by atoms with Gasteiger partial charge < -0.3 is 20.3 Å². The topological polar surface area (TPSA) is 115 Å². The van der Waals surface area contributed by atoms with Crippen molar-refractivity contribution in [3.63, 3.8) is 0 Å². The van der Waals surface area contributed by atoms with Crippen LogP contribution in [0.25, 0.3) is 0 Å². The third kappa shape index (κ3) is 3.35. The number of imidazole rings is 1. The number of carbonyl (C=O) groups is 3. The number of hydrogen-bond acceptors (Lipinski definition) is 4. The number of carboxylic acids is 1. The molecule has 4 rings (SSSR count). The Morgan fingerprint density at radius 2 is 2.04 bits per heavy atom. The van der Waals surface area contributed by atoms with E-state index in [2.05, 4.69) is 15.3 Å². The average molecular weight is 403 g/mol. The summed E-state index contributed by atoms with van der Waals surface area (Å²) in [6.07, 6.45) is 1.05. The van der Waals surface area contributed by atoms with Gasteiger partial charge in [-0.3, -0.25) is 14.4 Å². The second-order valence-electron chi connectivity index (χ2n) is 7.13. The predicted molar refractivity (Wildman–Crippen MR) is 101 cm³/mol. The number of amides is 2. The fourth-order valence-electron chi connectivity index (χ4n) is 3.52. The van der Waals surface area contributed by atoms with Crippen LogP contribution in [0.1, 0.15) is 40.8 Å². The molecule has 0 unspecified atom stereocenters. The second-order valence-corrected chi connectivity index (χ2v) is 7.49. The SMILES string of the molecule is CCc1[nH]c(C(=O)Nc2ccc3c(c2)CN(C(=O)[C@@H]2C[C@H]2C(=O)O)C3)nc1Cl. The summed E-state index contributed by atoms with van der Waals surface area (Å²) in [6, 6.07) is 5.47. The van der Waals surface area contributed by atoms with E-state index in [0.717, 1.165) is 11.1 Å². The van der Waals surface area contributed by atoms with Crippen molar-refractivity contribution in [3.8, 4) is 0 Å². The number of halogens is 1. The average Bonchev–Trinajstić information content (AvgIpc) is 3.22. The van der Waals surface area contributed by atoms with Crippen molar-refractivity contribution in [1.29, 1.82) is 0 Å². The van der Waals surface area contributed by atoms with Crippen molar-refractivity contribution in [2.75, 3.05) is 5.32 Å². The highest BCUT2D eigenvalue weighted by Crippen LogP contribution is 2.41. The van der Waals surface area contributed by atoms with E-state index in [1.165, 1.54) is 0 Å². The number of rotatable bonds is 5. The van der Waals surface area contributed by atoms with Crippen LogP contribution < -0.4 is 5.32 Å². The van der Waals surface area contributed by atoms with Gasteiger partial charge in [0.25, 0.3) is 5.91 Å². The number of hydrogen-bond donors (Lipinski definition) is 3. The molecule has 1 aliphatic heterocycles. The predicted octanol–water partition coefficient (Wildman–Crippen LogP) is 2.44. The number of carbonyl (C=O) groups excluding carboxylic acids is 2. The van der Waals surface area contributed by atoms with Gasteiger partial charge in [0.2, 0.25) is 5.91 Å². The van der Waals surface area contributed by atoms with E-state index >= 15 is 0 Å². The summed E-state index contributed by atoms with van der Waals surface area (Å²) >= 11 is 5.98. The van der Waals surface area contributed by atoms with Crippen LogP contribution in [0.5, 0.6) is 0 Å². The minimum atomic E-state index is -0.913. The number of aryl methyl sites for hydroxylation is 1. The van der Waals surface area contributed by atoms with Crippen LogP contribution in [-0.4, -0.2) is 37.8 Å². The van der Waals surface area contributed by atoms with E-state index < -0.39 is 23.7 Å². The van der Waals surface area contributed by atoms with E-state index in [0.29, 0.717) is 37.3 Å². The zero-order chi connectivity index (χ0) is 20.0. The van der Waals surface area contributed by atoms with Gasteiger partial charge in [0.15, 0.2) is 11.0 Å². The molecule has 0 spiro atoms. The van der Waals surface area contributed by atoms with Gasteiger partial charge in [0, 0.05) is 18.8 Å². The number of benzene rings is 1. The van der Waals surface area contributed by atoms with E-state index in [-0.39, 0.29) is 16.9 Å². The normalized spacial score (nSPS) is 20.0. The van der Waals surface area contributed by atoms with Crippen LogP contribution in [-0.2, 0) is 29.1 Å². The number of H-pyrrole nitrogens is 1. The lowest BCUT2D eigenvalue weighted by molar-refractivity contribution is -0.142. The number of fused-ring (bicyclic) bond motifs is 1. The van der Waals surface area contributed by atoms with E-state index in [1.807, 2.05) is 19.1 Å². The number of carboxylic acid groups (broad SMARTS) is 1. The van der Waals surface area contributed by atoms with Crippen molar-refractivity contribution < 1.29 is 19.5 Å². The lowest BCUT2D eigenvalue weighted by atomic mass is 10.1. The molecule has 0 bridgehead atoms. The van der Waals surface area contributed by atoms with Gasteiger partial charge in [-0.2, -0.15) is 0 Å². The molecule has 8 nitrogen and oxygen atoms in total. The molecule has 1 aromatic heterocycles. The maximum atomic E-state index is 12.5. The molecule has 2 heterocycles. The smallest absolute Gasteiger partial charge is 0.307 e. The quantitative estimate of drug-likeness (QED) is 0.710. The molecule has 2 aliphatic rings. The Kier molecular flexibility index (Phi) is 4.58. The van der Waals surface area contributed by atoms with Crippen LogP contribution in [0.15, 0.2) is 18.2 Å². The largest absolute Gasteiger partial charge is 0.481 e. The van der Waals surface area contributed by atoms with E-state index in [1.54, 1.807) is 11.0 Å². The summed E-state index contributed by atoms with van der Waals surface area (Å²) in [5.74, 6) is -2.25. The van der Waals surface area contributed by atoms with Crippen molar-refractivity contribution in [2.45, 2.75) is 32.9 Å². The molecule has 1 saturated carbocycles. The van der Waals surface area contributed by atoms with Gasteiger partial charge in [-0.15, -0.1) is 0 Å². The molecule has 28 heavy (non-hydrogen) atoms.